The highest BCUT2D eigenvalue weighted by molar-refractivity contribution is 5.39. The van der Waals surface area contributed by atoms with Crippen LogP contribution >= 0.6 is 0 Å². The predicted octanol–water partition coefficient (Wildman–Crippen LogP) is 7.55. The molecule has 0 N–H and O–H groups in total. The van der Waals surface area contributed by atoms with E-state index in [0.29, 0.717) is 5.41 Å². The largest absolute Gasteiger partial charge is 0.0619 e. The van der Waals surface area contributed by atoms with Crippen molar-refractivity contribution in [3.05, 3.63) is 34.9 Å². The van der Waals surface area contributed by atoms with Gasteiger partial charge in [-0.15, -0.1) is 0 Å². The van der Waals surface area contributed by atoms with Gasteiger partial charge in [-0.05, 0) is 96.6 Å². The summed E-state index contributed by atoms with van der Waals surface area (Å²) in [6.45, 7) is 9.98. The van der Waals surface area contributed by atoms with Gasteiger partial charge < -0.3 is 0 Å². The quantitative estimate of drug-likeness (QED) is 0.527. The molecule has 0 nitrogen and oxygen atoms in total. The van der Waals surface area contributed by atoms with Crippen molar-refractivity contribution in [2.45, 2.75) is 97.8 Å². The maximum Gasteiger partial charge on any atom is -0.0151 e. The van der Waals surface area contributed by atoms with E-state index >= 15 is 0 Å². The van der Waals surface area contributed by atoms with E-state index in [1.54, 1.807) is 16.7 Å². The third kappa shape index (κ3) is 2.70. The zero-order chi connectivity index (χ0) is 18.3. The maximum atomic E-state index is 2.65. The van der Waals surface area contributed by atoms with Crippen molar-refractivity contribution < 1.29 is 0 Å². The van der Waals surface area contributed by atoms with Crippen LogP contribution in [0.1, 0.15) is 102 Å². The summed E-state index contributed by atoms with van der Waals surface area (Å²) >= 11 is 0. The molecule has 1 aromatic rings. The van der Waals surface area contributed by atoms with E-state index in [1.165, 1.54) is 64.2 Å². The minimum atomic E-state index is 0.681. The van der Waals surface area contributed by atoms with Crippen LogP contribution in [0.4, 0.5) is 0 Å². The minimum Gasteiger partial charge on any atom is -0.0619 e. The summed E-state index contributed by atoms with van der Waals surface area (Å²) in [6.07, 6.45) is 14.4. The van der Waals surface area contributed by atoms with Gasteiger partial charge >= 0.3 is 0 Å². The molecule has 0 heterocycles. The SMILES string of the molecule is CCc1cccc(CC)c1C1C[C@H]2CCCC3CCCC(C)C32[C@@H](C)C1. The summed E-state index contributed by atoms with van der Waals surface area (Å²) in [6, 6.07) is 7.13. The molecule has 0 aliphatic heterocycles. The first kappa shape index (κ1) is 18.6. The Morgan fingerprint density at radius 2 is 1.42 bits per heavy atom. The normalized spacial score (nSPS) is 39.9. The van der Waals surface area contributed by atoms with Crippen LogP contribution in [0.25, 0.3) is 0 Å². The molecule has 3 fully saturated rings. The molecule has 4 unspecified atom stereocenters. The Morgan fingerprint density at radius 1 is 0.808 bits per heavy atom. The molecule has 4 rings (SSSR count). The highest BCUT2D eigenvalue weighted by Gasteiger charge is 2.57. The van der Waals surface area contributed by atoms with Crippen molar-refractivity contribution in [1.82, 2.24) is 0 Å². The number of aryl methyl sites for hydroxylation is 2. The van der Waals surface area contributed by atoms with Crippen molar-refractivity contribution in [3.63, 3.8) is 0 Å². The second-order valence-electron chi connectivity index (χ2n) is 9.92. The van der Waals surface area contributed by atoms with Gasteiger partial charge in [-0.3, -0.25) is 0 Å². The fourth-order valence-electron chi connectivity index (χ4n) is 8.29. The molecule has 1 spiro atoms. The fourth-order valence-corrected chi connectivity index (χ4v) is 8.29. The Balaban J connectivity index is 1.71. The summed E-state index contributed by atoms with van der Waals surface area (Å²) in [5.74, 6) is 4.70. The van der Waals surface area contributed by atoms with Gasteiger partial charge in [-0.2, -0.15) is 0 Å². The van der Waals surface area contributed by atoms with E-state index in [0.717, 1.165) is 29.6 Å². The van der Waals surface area contributed by atoms with Crippen LogP contribution in [0.3, 0.4) is 0 Å². The van der Waals surface area contributed by atoms with Crippen molar-refractivity contribution >= 4 is 0 Å². The van der Waals surface area contributed by atoms with Gasteiger partial charge in [0.25, 0.3) is 0 Å². The molecule has 0 bridgehead atoms. The second-order valence-corrected chi connectivity index (χ2v) is 9.92. The van der Waals surface area contributed by atoms with Gasteiger partial charge in [0.2, 0.25) is 0 Å². The molecule has 0 amide bonds. The minimum absolute atomic E-state index is 0.681. The lowest BCUT2D eigenvalue weighted by atomic mass is 9.42. The van der Waals surface area contributed by atoms with E-state index in [-0.39, 0.29) is 0 Å². The van der Waals surface area contributed by atoms with Gasteiger partial charge in [0.05, 0.1) is 0 Å². The number of hydrogen-bond acceptors (Lipinski definition) is 0. The monoisotopic (exact) mass is 352 g/mol. The Hall–Kier alpha value is -0.780. The van der Waals surface area contributed by atoms with Crippen LogP contribution in [-0.4, -0.2) is 0 Å². The average molecular weight is 353 g/mol. The zero-order valence-electron chi connectivity index (χ0n) is 17.7. The summed E-state index contributed by atoms with van der Waals surface area (Å²) < 4.78 is 0. The van der Waals surface area contributed by atoms with Crippen molar-refractivity contribution in [2.75, 3.05) is 0 Å². The Kier molecular flexibility index (Phi) is 5.23. The van der Waals surface area contributed by atoms with E-state index in [9.17, 15) is 0 Å². The molecular weight excluding hydrogens is 312 g/mol. The van der Waals surface area contributed by atoms with Crippen LogP contribution in [-0.2, 0) is 12.8 Å². The lowest BCUT2D eigenvalue weighted by Gasteiger charge is -2.63. The third-order valence-corrected chi connectivity index (χ3v) is 9.08. The van der Waals surface area contributed by atoms with E-state index in [2.05, 4.69) is 45.9 Å². The molecule has 0 heteroatoms. The van der Waals surface area contributed by atoms with E-state index < -0.39 is 0 Å². The van der Waals surface area contributed by atoms with Crippen LogP contribution in [0.15, 0.2) is 18.2 Å². The highest BCUT2D eigenvalue weighted by Crippen LogP contribution is 2.66. The smallest absolute Gasteiger partial charge is 0.0151 e. The number of hydrogen-bond donors (Lipinski definition) is 0. The first-order valence-corrected chi connectivity index (χ1v) is 11.7. The lowest BCUT2D eigenvalue weighted by Crippen LogP contribution is -2.55. The standard InChI is InChI=1S/C26H40/c1-5-20-11-8-12-21(6-2)25(20)22-16-19(4)26-18(3)10-7-13-23(26)14-9-15-24(26)17-22/h8,11-12,18-19,22-24H,5-7,9-10,13-17H2,1-4H3/t18?,19-,22?,23?,24+,26?/m0/s1. The Labute approximate surface area is 162 Å². The van der Waals surface area contributed by atoms with Crippen molar-refractivity contribution in [3.8, 4) is 0 Å². The van der Waals surface area contributed by atoms with Crippen molar-refractivity contribution in [2.24, 2.45) is 29.1 Å². The molecule has 26 heavy (non-hydrogen) atoms. The predicted molar refractivity (Wildman–Crippen MR) is 113 cm³/mol. The molecule has 1 aromatic carbocycles. The van der Waals surface area contributed by atoms with Crippen LogP contribution < -0.4 is 0 Å². The first-order valence-electron chi connectivity index (χ1n) is 11.7. The maximum absolute atomic E-state index is 2.65. The molecule has 3 saturated carbocycles. The van der Waals surface area contributed by atoms with Gasteiger partial charge in [-0.25, -0.2) is 0 Å². The average Bonchev–Trinajstić information content (AvgIpc) is 2.66. The van der Waals surface area contributed by atoms with Crippen LogP contribution in [0, 0.1) is 29.1 Å². The second kappa shape index (κ2) is 7.33. The molecule has 3 aliphatic rings. The topological polar surface area (TPSA) is 0 Å². The first-order chi connectivity index (χ1) is 12.6. The van der Waals surface area contributed by atoms with Gasteiger partial charge in [0.1, 0.15) is 0 Å². The molecule has 0 saturated heterocycles. The van der Waals surface area contributed by atoms with Gasteiger partial charge in [-0.1, -0.05) is 65.2 Å². The fraction of sp³-hybridized carbons (Fsp3) is 0.769. The summed E-state index contributed by atoms with van der Waals surface area (Å²) in [4.78, 5) is 0. The molecule has 6 atom stereocenters. The molecular formula is C26H40. The van der Waals surface area contributed by atoms with E-state index in [4.69, 9.17) is 0 Å². The zero-order valence-corrected chi connectivity index (χ0v) is 17.7. The molecule has 3 aliphatic carbocycles. The molecule has 0 aromatic heterocycles. The number of benzene rings is 1. The molecule has 144 valence electrons. The molecule has 0 radical (unpaired) electrons. The summed E-state index contributed by atoms with van der Waals surface area (Å²) in [7, 11) is 0. The Morgan fingerprint density at radius 3 is 2.08 bits per heavy atom. The van der Waals surface area contributed by atoms with Crippen molar-refractivity contribution in [1.29, 1.82) is 0 Å². The third-order valence-electron chi connectivity index (χ3n) is 9.08. The lowest BCUT2D eigenvalue weighted by molar-refractivity contribution is -0.130. The van der Waals surface area contributed by atoms with E-state index in [1.807, 2.05) is 0 Å². The highest BCUT2D eigenvalue weighted by atomic mass is 14.6. The Bertz CT molecular complexity index is 605. The van der Waals surface area contributed by atoms with Gasteiger partial charge in [0, 0.05) is 0 Å². The van der Waals surface area contributed by atoms with Crippen LogP contribution in [0.5, 0.6) is 0 Å². The number of rotatable bonds is 3. The summed E-state index contributed by atoms with van der Waals surface area (Å²) in [5.41, 5.74) is 5.73. The van der Waals surface area contributed by atoms with Gasteiger partial charge in [0.15, 0.2) is 0 Å². The summed E-state index contributed by atoms with van der Waals surface area (Å²) in [5, 5.41) is 0. The van der Waals surface area contributed by atoms with Crippen LogP contribution in [0.2, 0.25) is 0 Å².